The Morgan fingerprint density at radius 2 is 1.90 bits per heavy atom. The molecule has 1 aliphatic rings. The molecule has 0 atom stereocenters. The number of nitrogens with zero attached hydrogens (tertiary/aromatic N) is 2. The summed E-state index contributed by atoms with van der Waals surface area (Å²) in [5.74, 6) is 2.45. The lowest BCUT2D eigenvalue weighted by molar-refractivity contribution is 0.171. The monoisotopic (exact) mass is 530 g/mol. The third-order valence-electron chi connectivity index (χ3n) is 4.95. The summed E-state index contributed by atoms with van der Waals surface area (Å²) >= 11 is 1.77. The summed E-state index contributed by atoms with van der Waals surface area (Å²) in [7, 11) is 1.80. The quantitative estimate of drug-likeness (QED) is 0.338. The second kappa shape index (κ2) is 10.5. The SMILES string of the molecule is CN=C(NCCc1nc(C)c(C)s1)NCC(C)(C)c1ccc2c(c1)OCCO2.I. The molecule has 0 aliphatic carbocycles. The molecule has 3 rings (SSSR count). The minimum absolute atomic E-state index is 0. The third-order valence-corrected chi connectivity index (χ3v) is 6.08. The molecule has 0 spiro atoms. The standard InChI is InChI=1S/C21H30N4O2S.HI/c1-14-15(2)28-19(25-14)8-9-23-20(22-5)24-13-21(3,4)16-6-7-17-18(12-16)27-11-10-26-17;/h6-7,12H,8-11,13H2,1-5H3,(H2,22,23,24);1H. The number of guanidine groups is 1. The van der Waals surface area contributed by atoms with Crippen molar-refractivity contribution in [2.45, 2.75) is 39.5 Å². The molecule has 0 unspecified atom stereocenters. The van der Waals surface area contributed by atoms with Crippen molar-refractivity contribution in [2.75, 3.05) is 33.4 Å². The van der Waals surface area contributed by atoms with E-state index >= 15 is 0 Å². The number of aryl methyl sites for hydroxylation is 2. The molecule has 160 valence electrons. The van der Waals surface area contributed by atoms with E-state index in [1.807, 2.05) is 6.07 Å². The first-order chi connectivity index (χ1) is 13.4. The van der Waals surface area contributed by atoms with E-state index in [4.69, 9.17) is 9.47 Å². The van der Waals surface area contributed by atoms with Crippen LogP contribution in [0.5, 0.6) is 11.5 Å². The Balaban J connectivity index is 0.00000300. The minimum Gasteiger partial charge on any atom is -0.486 e. The van der Waals surface area contributed by atoms with Gasteiger partial charge in [0.1, 0.15) is 13.2 Å². The van der Waals surface area contributed by atoms with Gasteiger partial charge in [-0.25, -0.2) is 4.98 Å². The lowest BCUT2D eigenvalue weighted by Gasteiger charge is -2.28. The topological polar surface area (TPSA) is 67.8 Å². The van der Waals surface area contributed by atoms with Gasteiger partial charge in [0.05, 0.1) is 10.7 Å². The van der Waals surface area contributed by atoms with Gasteiger partial charge < -0.3 is 20.1 Å². The summed E-state index contributed by atoms with van der Waals surface area (Å²) in [6, 6.07) is 6.19. The van der Waals surface area contributed by atoms with Crippen molar-refractivity contribution in [3.8, 4) is 11.5 Å². The van der Waals surface area contributed by atoms with E-state index in [-0.39, 0.29) is 29.4 Å². The average Bonchev–Trinajstić information content (AvgIpc) is 3.01. The molecule has 0 fully saturated rings. The van der Waals surface area contributed by atoms with Gasteiger partial charge in [-0.2, -0.15) is 0 Å². The average molecular weight is 530 g/mol. The number of ether oxygens (including phenoxy) is 2. The molecule has 0 saturated heterocycles. The highest BCUT2D eigenvalue weighted by Gasteiger charge is 2.23. The van der Waals surface area contributed by atoms with E-state index in [1.165, 1.54) is 10.4 Å². The van der Waals surface area contributed by atoms with E-state index in [0.29, 0.717) is 13.2 Å². The first kappa shape index (κ1) is 23.7. The number of aromatic nitrogens is 1. The van der Waals surface area contributed by atoms with Gasteiger partial charge in [-0.15, -0.1) is 35.3 Å². The van der Waals surface area contributed by atoms with Crippen molar-refractivity contribution >= 4 is 41.3 Å². The molecular formula is C21H31IN4O2S. The van der Waals surface area contributed by atoms with Crippen molar-refractivity contribution < 1.29 is 9.47 Å². The number of rotatable bonds is 6. The first-order valence-corrected chi connectivity index (χ1v) is 10.5. The van der Waals surface area contributed by atoms with Gasteiger partial charge in [-0.05, 0) is 31.5 Å². The number of halogens is 1. The number of hydrogen-bond acceptors (Lipinski definition) is 5. The maximum atomic E-state index is 5.72. The molecule has 6 nitrogen and oxygen atoms in total. The van der Waals surface area contributed by atoms with Gasteiger partial charge in [0.25, 0.3) is 0 Å². The number of thiazole rings is 1. The first-order valence-electron chi connectivity index (χ1n) is 9.66. The highest BCUT2D eigenvalue weighted by Crippen LogP contribution is 2.34. The summed E-state index contributed by atoms with van der Waals surface area (Å²) in [6.45, 7) is 11.4. The lowest BCUT2D eigenvalue weighted by Crippen LogP contribution is -2.44. The number of benzene rings is 1. The highest BCUT2D eigenvalue weighted by atomic mass is 127. The van der Waals surface area contributed by atoms with Crippen LogP contribution in [0.3, 0.4) is 0 Å². The number of fused-ring (bicyclic) bond motifs is 1. The summed E-state index contributed by atoms with van der Waals surface area (Å²) in [4.78, 5) is 10.2. The fraction of sp³-hybridized carbons (Fsp3) is 0.524. The van der Waals surface area contributed by atoms with Gasteiger partial charge in [0.15, 0.2) is 17.5 Å². The predicted molar refractivity (Wildman–Crippen MR) is 131 cm³/mol. The second-order valence-corrected chi connectivity index (χ2v) is 8.88. The zero-order chi connectivity index (χ0) is 20.1. The van der Waals surface area contributed by atoms with Crippen LogP contribution in [0.2, 0.25) is 0 Å². The molecule has 8 heteroatoms. The van der Waals surface area contributed by atoms with Gasteiger partial charge in [0.2, 0.25) is 0 Å². The highest BCUT2D eigenvalue weighted by molar-refractivity contribution is 14.0. The maximum Gasteiger partial charge on any atom is 0.191 e. The van der Waals surface area contributed by atoms with Gasteiger partial charge in [-0.1, -0.05) is 19.9 Å². The zero-order valence-electron chi connectivity index (χ0n) is 17.8. The minimum atomic E-state index is -0.0863. The van der Waals surface area contributed by atoms with Crippen molar-refractivity contribution in [1.29, 1.82) is 0 Å². The van der Waals surface area contributed by atoms with E-state index in [0.717, 1.165) is 47.7 Å². The molecule has 2 heterocycles. The largest absolute Gasteiger partial charge is 0.486 e. The molecule has 1 aromatic heterocycles. The second-order valence-electron chi connectivity index (χ2n) is 7.59. The molecule has 1 aliphatic heterocycles. The number of aliphatic imine (C=N–C) groups is 1. The van der Waals surface area contributed by atoms with Crippen LogP contribution < -0.4 is 20.1 Å². The summed E-state index contributed by atoms with van der Waals surface area (Å²) in [5, 5.41) is 7.98. The van der Waals surface area contributed by atoms with Crippen LogP contribution in [0.25, 0.3) is 0 Å². The zero-order valence-corrected chi connectivity index (χ0v) is 20.9. The van der Waals surface area contributed by atoms with Crippen LogP contribution in [0.4, 0.5) is 0 Å². The van der Waals surface area contributed by atoms with Gasteiger partial charge in [0, 0.05) is 36.9 Å². The van der Waals surface area contributed by atoms with Crippen LogP contribution >= 0.6 is 35.3 Å². The summed E-state index contributed by atoms with van der Waals surface area (Å²) in [6.07, 6.45) is 0.894. The van der Waals surface area contributed by atoms with Gasteiger partial charge in [-0.3, -0.25) is 4.99 Å². The van der Waals surface area contributed by atoms with Crippen LogP contribution in [-0.2, 0) is 11.8 Å². The fourth-order valence-corrected chi connectivity index (χ4v) is 3.96. The molecule has 0 saturated carbocycles. The smallest absolute Gasteiger partial charge is 0.191 e. The van der Waals surface area contributed by atoms with Crippen molar-refractivity contribution in [3.63, 3.8) is 0 Å². The van der Waals surface area contributed by atoms with Crippen LogP contribution in [0.15, 0.2) is 23.2 Å². The summed E-state index contributed by atoms with van der Waals surface area (Å²) in [5.41, 5.74) is 2.24. The maximum absolute atomic E-state index is 5.72. The number of hydrogen-bond donors (Lipinski definition) is 2. The van der Waals surface area contributed by atoms with Crippen molar-refractivity contribution in [1.82, 2.24) is 15.6 Å². The van der Waals surface area contributed by atoms with Crippen molar-refractivity contribution in [3.05, 3.63) is 39.3 Å². The Bertz CT molecular complexity index is 832. The Kier molecular flexibility index (Phi) is 8.57. The van der Waals surface area contributed by atoms with Gasteiger partial charge >= 0.3 is 0 Å². The molecule has 29 heavy (non-hydrogen) atoms. The van der Waals surface area contributed by atoms with Crippen LogP contribution in [0.1, 0.15) is 35.0 Å². The van der Waals surface area contributed by atoms with E-state index in [9.17, 15) is 0 Å². The Morgan fingerprint density at radius 3 is 2.55 bits per heavy atom. The van der Waals surface area contributed by atoms with E-state index in [2.05, 4.69) is 60.4 Å². The normalized spacial score (nSPS) is 13.6. The Labute approximate surface area is 194 Å². The molecule has 2 N–H and O–H groups in total. The Hall–Kier alpha value is -1.55. The van der Waals surface area contributed by atoms with E-state index in [1.54, 1.807) is 18.4 Å². The molecule has 0 amide bonds. The fourth-order valence-electron chi connectivity index (χ4n) is 3.03. The third kappa shape index (κ3) is 6.21. The van der Waals surface area contributed by atoms with Crippen LogP contribution in [-0.4, -0.2) is 44.3 Å². The number of nitrogens with one attached hydrogen (secondary N) is 2. The lowest BCUT2D eigenvalue weighted by atomic mass is 9.84. The van der Waals surface area contributed by atoms with Crippen molar-refractivity contribution in [2.24, 2.45) is 4.99 Å². The van der Waals surface area contributed by atoms with E-state index < -0.39 is 0 Å². The summed E-state index contributed by atoms with van der Waals surface area (Å²) < 4.78 is 11.3. The predicted octanol–water partition coefficient (Wildman–Crippen LogP) is 3.83. The molecule has 0 bridgehead atoms. The molecule has 0 radical (unpaired) electrons. The van der Waals surface area contributed by atoms with Crippen LogP contribution in [0, 0.1) is 13.8 Å². The molecular weight excluding hydrogens is 499 g/mol. The molecule has 1 aromatic carbocycles. The Morgan fingerprint density at radius 1 is 1.17 bits per heavy atom. The molecule has 2 aromatic rings.